The number of nitrogen functional groups attached to an aromatic ring is 1. The number of hydrogen-bond donors (Lipinski definition) is 2. The molecule has 1 aromatic rings. The fraction of sp³-hybridized carbons (Fsp3) is 0.500. The summed E-state index contributed by atoms with van der Waals surface area (Å²) in [6.45, 7) is 4.64. The van der Waals surface area contributed by atoms with Crippen LogP contribution in [0.5, 0.6) is 0 Å². The number of nitrogens with two attached hydrogens (primary N) is 1. The van der Waals surface area contributed by atoms with Crippen LogP contribution in [0.15, 0.2) is 18.3 Å². The molecule has 1 aromatic heterocycles. The van der Waals surface area contributed by atoms with Crippen LogP contribution in [0, 0.1) is 0 Å². The maximum Gasteiger partial charge on any atom is 0.255 e. The largest absolute Gasteiger partial charge is 0.333 e. The summed E-state index contributed by atoms with van der Waals surface area (Å²) in [5.74, 6) is 5.83. The zero-order chi connectivity index (χ0) is 13.1. The van der Waals surface area contributed by atoms with Gasteiger partial charge in [-0.25, -0.2) is 10.8 Å². The zero-order valence-electron chi connectivity index (χ0n) is 10.8. The molecule has 18 heavy (non-hydrogen) atoms. The lowest BCUT2D eigenvalue weighted by atomic mass is 10.1. The fourth-order valence-corrected chi connectivity index (χ4v) is 2.21. The molecule has 1 amide bonds. The Labute approximate surface area is 107 Å². The van der Waals surface area contributed by atoms with Gasteiger partial charge in [0, 0.05) is 31.9 Å². The molecule has 6 heteroatoms. The van der Waals surface area contributed by atoms with E-state index in [1.807, 2.05) is 4.90 Å². The number of likely N-dealkylation sites (N-methyl/N-ethyl adjacent to an activating group) is 1. The molecule has 1 aliphatic rings. The number of hydrogen-bond acceptors (Lipinski definition) is 5. The first-order valence-electron chi connectivity index (χ1n) is 6.04. The minimum absolute atomic E-state index is 0.0340. The molecule has 2 heterocycles. The van der Waals surface area contributed by atoms with Gasteiger partial charge in [-0.15, -0.1) is 0 Å². The van der Waals surface area contributed by atoms with E-state index in [0.29, 0.717) is 11.4 Å². The summed E-state index contributed by atoms with van der Waals surface area (Å²) in [5.41, 5.74) is 3.05. The Morgan fingerprint density at radius 1 is 1.50 bits per heavy atom. The molecule has 1 unspecified atom stereocenters. The van der Waals surface area contributed by atoms with Crippen LogP contribution in [0.3, 0.4) is 0 Å². The first-order valence-corrected chi connectivity index (χ1v) is 6.04. The number of carbonyl (C=O) groups is 1. The average Bonchev–Trinajstić information content (AvgIpc) is 2.38. The Morgan fingerprint density at radius 3 is 2.83 bits per heavy atom. The number of rotatable bonds is 2. The number of anilines is 1. The lowest BCUT2D eigenvalue weighted by Gasteiger charge is -2.38. The first-order chi connectivity index (χ1) is 8.61. The molecule has 98 valence electrons. The number of hydrazine groups is 1. The highest BCUT2D eigenvalue weighted by Gasteiger charge is 2.26. The van der Waals surface area contributed by atoms with Gasteiger partial charge in [0.15, 0.2) is 0 Å². The van der Waals surface area contributed by atoms with E-state index in [9.17, 15) is 4.79 Å². The predicted molar refractivity (Wildman–Crippen MR) is 70.0 cm³/mol. The van der Waals surface area contributed by atoms with Gasteiger partial charge >= 0.3 is 0 Å². The third kappa shape index (κ3) is 2.60. The monoisotopic (exact) mass is 249 g/mol. The van der Waals surface area contributed by atoms with Gasteiger partial charge in [-0.1, -0.05) is 0 Å². The molecular weight excluding hydrogens is 230 g/mol. The topological polar surface area (TPSA) is 74.5 Å². The molecule has 1 fully saturated rings. The maximum atomic E-state index is 12.3. The van der Waals surface area contributed by atoms with E-state index in [1.165, 1.54) is 0 Å². The van der Waals surface area contributed by atoms with Crippen LogP contribution < -0.4 is 11.3 Å². The molecule has 0 aliphatic carbocycles. The molecule has 0 bridgehead atoms. The van der Waals surface area contributed by atoms with Crippen molar-refractivity contribution in [2.45, 2.75) is 13.0 Å². The lowest BCUT2D eigenvalue weighted by Crippen LogP contribution is -2.52. The van der Waals surface area contributed by atoms with Crippen molar-refractivity contribution in [1.82, 2.24) is 14.8 Å². The molecular formula is C12H19N5O. The van der Waals surface area contributed by atoms with Crippen molar-refractivity contribution in [3.05, 3.63) is 23.9 Å². The highest BCUT2D eigenvalue weighted by molar-refractivity contribution is 5.94. The lowest BCUT2D eigenvalue weighted by molar-refractivity contribution is 0.0533. The Kier molecular flexibility index (Phi) is 3.78. The number of nitrogens with zero attached hydrogens (tertiary/aromatic N) is 3. The summed E-state index contributed by atoms with van der Waals surface area (Å²) in [6, 6.07) is 3.67. The highest BCUT2D eigenvalue weighted by atomic mass is 16.2. The normalized spacial score (nSPS) is 20.8. The second-order valence-corrected chi connectivity index (χ2v) is 4.69. The number of amides is 1. The Morgan fingerprint density at radius 2 is 2.28 bits per heavy atom. The summed E-state index contributed by atoms with van der Waals surface area (Å²) < 4.78 is 0. The minimum Gasteiger partial charge on any atom is -0.333 e. The molecule has 1 saturated heterocycles. The van der Waals surface area contributed by atoms with Crippen molar-refractivity contribution < 1.29 is 4.79 Å². The van der Waals surface area contributed by atoms with Crippen LogP contribution in [-0.2, 0) is 0 Å². The van der Waals surface area contributed by atoms with E-state index in [2.05, 4.69) is 29.3 Å². The van der Waals surface area contributed by atoms with Crippen molar-refractivity contribution in [2.24, 2.45) is 5.84 Å². The number of pyridine rings is 1. The van der Waals surface area contributed by atoms with Gasteiger partial charge in [0.05, 0.1) is 5.56 Å². The molecule has 0 spiro atoms. The van der Waals surface area contributed by atoms with E-state index >= 15 is 0 Å². The van der Waals surface area contributed by atoms with Gasteiger partial charge in [0.1, 0.15) is 5.82 Å². The van der Waals surface area contributed by atoms with Gasteiger partial charge in [0.2, 0.25) is 0 Å². The van der Waals surface area contributed by atoms with Gasteiger partial charge in [-0.3, -0.25) is 4.79 Å². The summed E-state index contributed by atoms with van der Waals surface area (Å²) in [5, 5.41) is 0. The van der Waals surface area contributed by atoms with Crippen LogP contribution in [-0.4, -0.2) is 53.4 Å². The molecule has 2 rings (SSSR count). The quantitative estimate of drug-likeness (QED) is 0.576. The predicted octanol–water partition coefficient (Wildman–Crippen LogP) is 0.143. The van der Waals surface area contributed by atoms with Gasteiger partial charge < -0.3 is 15.2 Å². The standard InChI is InChI=1S/C12H19N5O/c1-9-8-16(2)5-6-17(9)12(18)10-3-4-11(15-13)14-7-10/h3-4,7,9H,5-6,8,13H2,1-2H3,(H,14,15). The Bertz CT molecular complexity index is 419. The van der Waals surface area contributed by atoms with Crippen molar-refractivity contribution >= 4 is 11.7 Å². The van der Waals surface area contributed by atoms with E-state index < -0.39 is 0 Å². The summed E-state index contributed by atoms with van der Waals surface area (Å²) in [7, 11) is 2.07. The fourth-order valence-electron chi connectivity index (χ4n) is 2.21. The number of nitrogens with one attached hydrogen (secondary N) is 1. The molecule has 1 aliphatic heterocycles. The van der Waals surface area contributed by atoms with Crippen molar-refractivity contribution in [1.29, 1.82) is 0 Å². The SMILES string of the molecule is CC1CN(C)CCN1C(=O)c1ccc(NN)nc1. The van der Waals surface area contributed by atoms with Gasteiger partial charge in [0.25, 0.3) is 5.91 Å². The van der Waals surface area contributed by atoms with Crippen molar-refractivity contribution in [3.63, 3.8) is 0 Å². The third-order valence-corrected chi connectivity index (χ3v) is 3.25. The van der Waals surface area contributed by atoms with E-state index in [1.54, 1.807) is 18.3 Å². The second kappa shape index (κ2) is 5.32. The second-order valence-electron chi connectivity index (χ2n) is 4.69. The molecule has 0 radical (unpaired) electrons. The van der Waals surface area contributed by atoms with Crippen LogP contribution in [0.4, 0.5) is 5.82 Å². The first kappa shape index (κ1) is 12.8. The van der Waals surface area contributed by atoms with Crippen LogP contribution in [0.25, 0.3) is 0 Å². The van der Waals surface area contributed by atoms with E-state index in [4.69, 9.17) is 5.84 Å². The number of piperazine rings is 1. The van der Waals surface area contributed by atoms with Gasteiger partial charge in [-0.05, 0) is 26.1 Å². The summed E-state index contributed by atoms with van der Waals surface area (Å²) >= 11 is 0. The molecule has 6 nitrogen and oxygen atoms in total. The summed E-state index contributed by atoms with van der Waals surface area (Å²) in [6.07, 6.45) is 1.56. The molecule has 1 atom stereocenters. The van der Waals surface area contributed by atoms with Gasteiger partial charge in [-0.2, -0.15) is 0 Å². The molecule has 0 saturated carbocycles. The van der Waals surface area contributed by atoms with Crippen LogP contribution in [0.1, 0.15) is 17.3 Å². The number of carbonyl (C=O) groups excluding carboxylic acids is 1. The number of aromatic nitrogens is 1. The maximum absolute atomic E-state index is 12.3. The molecule has 0 aromatic carbocycles. The third-order valence-electron chi connectivity index (χ3n) is 3.25. The van der Waals surface area contributed by atoms with Crippen LogP contribution >= 0.6 is 0 Å². The Balaban J connectivity index is 2.10. The highest BCUT2D eigenvalue weighted by Crippen LogP contribution is 2.13. The Hall–Kier alpha value is -1.66. The molecule has 3 N–H and O–H groups in total. The average molecular weight is 249 g/mol. The minimum atomic E-state index is 0.0340. The van der Waals surface area contributed by atoms with Crippen molar-refractivity contribution in [2.75, 3.05) is 32.1 Å². The zero-order valence-corrected chi connectivity index (χ0v) is 10.8. The van der Waals surface area contributed by atoms with Crippen LogP contribution in [0.2, 0.25) is 0 Å². The van der Waals surface area contributed by atoms with Crippen molar-refractivity contribution in [3.8, 4) is 0 Å². The van der Waals surface area contributed by atoms with E-state index in [0.717, 1.165) is 19.6 Å². The summed E-state index contributed by atoms with van der Waals surface area (Å²) in [4.78, 5) is 20.5. The van der Waals surface area contributed by atoms with E-state index in [-0.39, 0.29) is 11.9 Å². The smallest absolute Gasteiger partial charge is 0.255 e.